The molecule has 0 aromatic rings. The highest BCUT2D eigenvalue weighted by atomic mass is 79.9. The first-order valence-electron chi connectivity index (χ1n) is 6.70. The van der Waals surface area contributed by atoms with Crippen molar-refractivity contribution < 1.29 is 19.1 Å². The van der Waals surface area contributed by atoms with Crippen molar-refractivity contribution >= 4 is 28.0 Å². The van der Waals surface area contributed by atoms with E-state index in [1.54, 1.807) is 41.5 Å². The molecular weight excluding hydrogens is 326 g/mol. The van der Waals surface area contributed by atoms with E-state index in [2.05, 4.69) is 21.2 Å². The van der Waals surface area contributed by atoms with Gasteiger partial charge in [0.1, 0.15) is 16.7 Å². The Kier molecular flexibility index (Phi) is 4.79. The summed E-state index contributed by atoms with van der Waals surface area (Å²) in [5, 5.41) is 3.31. The van der Waals surface area contributed by atoms with Gasteiger partial charge in [0.05, 0.1) is 0 Å². The number of nitrogens with one attached hydrogen (secondary N) is 1. The molecule has 2 atom stereocenters. The molecular formula is C14H24BrNO4. The highest BCUT2D eigenvalue weighted by molar-refractivity contribution is 9.09. The molecule has 5 nitrogen and oxygen atoms in total. The van der Waals surface area contributed by atoms with Crippen molar-refractivity contribution in [2.75, 3.05) is 5.33 Å². The number of hydrogen-bond donors (Lipinski definition) is 1. The van der Waals surface area contributed by atoms with Crippen LogP contribution in [0.2, 0.25) is 0 Å². The fourth-order valence-electron chi connectivity index (χ4n) is 1.83. The first kappa shape index (κ1) is 17.3. The number of esters is 1. The van der Waals surface area contributed by atoms with E-state index in [0.29, 0.717) is 11.8 Å². The van der Waals surface area contributed by atoms with Gasteiger partial charge >= 0.3 is 12.1 Å². The maximum Gasteiger partial charge on any atom is 0.408 e. The molecule has 1 fully saturated rings. The summed E-state index contributed by atoms with van der Waals surface area (Å²) >= 11 is 3.35. The normalized spacial score (nSPS) is 25.9. The molecule has 0 radical (unpaired) electrons. The minimum Gasteiger partial charge on any atom is -0.458 e. The predicted octanol–water partition coefficient (Wildman–Crippen LogP) is 3.01. The molecule has 0 spiro atoms. The third-order valence-corrected chi connectivity index (χ3v) is 3.56. The van der Waals surface area contributed by atoms with Gasteiger partial charge in [0.25, 0.3) is 0 Å². The summed E-state index contributed by atoms with van der Waals surface area (Å²) in [6, 6.07) is 0. The van der Waals surface area contributed by atoms with Crippen LogP contribution < -0.4 is 5.32 Å². The smallest absolute Gasteiger partial charge is 0.408 e. The minimum atomic E-state index is -0.959. The topological polar surface area (TPSA) is 64.6 Å². The van der Waals surface area contributed by atoms with E-state index in [4.69, 9.17) is 9.47 Å². The number of halogens is 1. The van der Waals surface area contributed by atoms with Gasteiger partial charge in [-0.2, -0.15) is 0 Å². The Morgan fingerprint density at radius 1 is 1.15 bits per heavy atom. The molecule has 0 saturated heterocycles. The van der Waals surface area contributed by atoms with Crippen LogP contribution in [-0.4, -0.2) is 34.1 Å². The lowest BCUT2D eigenvalue weighted by atomic mass is 10.1. The van der Waals surface area contributed by atoms with Crippen LogP contribution in [0.3, 0.4) is 0 Å². The molecule has 0 aliphatic heterocycles. The lowest BCUT2D eigenvalue weighted by Gasteiger charge is -2.26. The van der Waals surface area contributed by atoms with Crippen molar-refractivity contribution in [3.05, 3.63) is 0 Å². The Bertz CT molecular complexity index is 397. The van der Waals surface area contributed by atoms with Gasteiger partial charge < -0.3 is 14.8 Å². The first-order valence-corrected chi connectivity index (χ1v) is 7.82. The van der Waals surface area contributed by atoms with Crippen LogP contribution in [0.5, 0.6) is 0 Å². The molecule has 1 saturated carbocycles. The van der Waals surface area contributed by atoms with Crippen LogP contribution in [0.1, 0.15) is 48.0 Å². The van der Waals surface area contributed by atoms with Gasteiger partial charge in [-0.3, -0.25) is 0 Å². The summed E-state index contributed by atoms with van der Waals surface area (Å²) in [7, 11) is 0. The third kappa shape index (κ3) is 4.65. The van der Waals surface area contributed by atoms with Gasteiger partial charge in [-0.25, -0.2) is 9.59 Å². The predicted molar refractivity (Wildman–Crippen MR) is 79.8 cm³/mol. The second-order valence-corrected chi connectivity index (χ2v) is 7.80. The zero-order valence-corrected chi connectivity index (χ0v) is 14.6. The second kappa shape index (κ2) is 5.54. The van der Waals surface area contributed by atoms with Crippen LogP contribution in [0.25, 0.3) is 0 Å². The molecule has 1 aliphatic rings. The van der Waals surface area contributed by atoms with Gasteiger partial charge in [0, 0.05) is 11.2 Å². The summed E-state index contributed by atoms with van der Waals surface area (Å²) in [5.41, 5.74) is -2.14. The van der Waals surface area contributed by atoms with E-state index in [1.165, 1.54) is 0 Å². The molecule has 1 amide bonds. The number of hydrogen-bond acceptors (Lipinski definition) is 4. The molecule has 1 N–H and O–H groups in total. The Morgan fingerprint density at radius 2 is 1.65 bits per heavy atom. The van der Waals surface area contributed by atoms with Crippen LogP contribution in [0, 0.1) is 5.92 Å². The summed E-state index contributed by atoms with van der Waals surface area (Å²) in [6.07, 6.45) is -0.0290. The monoisotopic (exact) mass is 349 g/mol. The van der Waals surface area contributed by atoms with Crippen molar-refractivity contribution in [3.8, 4) is 0 Å². The molecule has 116 valence electrons. The van der Waals surface area contributed by atoms with Crippen LogP contribution in [-0.2, 0) is 14.3 Å². The van der Waals surface area contributed by atoms with E-state index < -0.39 is 28.8 Å². The van der Waals surface area contributed by atoms with Crippen molar-refractivity contribution in [2.24, 2.45) is 5.92 Å². The lowest BCUT2D eigenvalue weighted by molar-refractivity contribution is -0.159. The van der Waals surface area contributed by atoms with Crippen molar-refractivity contribution in [2.45, 2.75) is 64.7 Å². The summed E-state index contributed by atoms with van der Waals surface area (Å²) in [5.74, 6) is -0.370. The quantitative estimate of drug-likeness (QED) is 0.628. The number of alkyl halides is 1. The van der Waals surface area contributed by atoms with Crippen molar-refractivity contribution in [3.63, 3.8) is 0 Å². The van der Waals surface area contributed by atoms with Gasteiger partial charge in [-0.1, -0.05) is 15.9 Å². The molecule has 0 aromatic carbocycles. The van der Waals surface area contributed by atoms with Crippen molar-refractivity contribution in [1.82, 2.24) is 5.32 Å². The summed E-state index contributed by atoms with van der Waals surface area (Å²) in [6.45, 7) is 10.7. The summed E-state index contributed by atoms with van der Waals surface area (Å²) < 4.78 is 10.6. The molecule has 0 aromatic heterocycles. The number of alkyl carbamates (subject to hydrolysis) is 1. The fraction of sp³-hybridized carbons (Fsp3) is 0.857. The van der Waals surface area contributed by atoms with Crippen LogP contribution in [0.4, 0.5) is 4.79 Å². The minimum absolute atomic E-state index is 0.0323. The van der Waals surface area contributed by atoms with E-state index in [-0.39, 0.29) is 5.92 Å². The zero-order valence-electron chi connectivity index (χ0n) is 13.0. The number of rotatable bonds is 3. The van der Waals surface area contributed by atoms with Gasteiger partial charge in [0.2, 0.25) is 0 Å². The Labute approximate surface area is 128 Å². The van der Waals surface area contributed by atoms with E-state index >= 15 is 0 Å². The average molecular weight is 350 g/mol. The molecule has 6 heteroatoms. The summed E-state index contributed by atoms with van der Waals surface area (Å²) in [4.78, 5) is 24.2. The highest BCUT2D eigenvalue weighted by Gasteiger charge is 2.62. The molecule has 0 heterocycles. The maximum atomic E-state index is 12.3. The highest BCUT2D eigenvalue weighted by Crippen LogP contribution is 2.46. The maximum absolute atomic E-state index is 12.3. The molecule has 0 bridgehead atoms. The SMILES string of the molecule is CC(C)(C)OC(=O)N[C@]1(C(=O)OC(C)(C)C)C[C@@H]1CBr. The largest absolute Gasteiger partial charge is 0.458 e. The zero-order chi connectivity index (χ0) is 15.8. The number of carbonyl (C=O) groups is 2. The van der Waals surface area contributed by atoms with E-state index in [0.717, 1.165) is 0 Å². The Hall–Kier alpha value is -0.780. The van der Waals surface area contributed by atoms with Crippen molar-refractivity contribution in [1.29, 1.82) is 0 Å². The van der Waals surface area contributed by atoms with Gasteiger partial charge in [-0.05, 0) is 48.0 Å². The number of carbonyl (C=O) groups excluding carboxylic acids is 2. The average Bonchev–Trinajstić information content (AvgIpc) is 2.86. The number of amides is 1. The molecule has 1 rings (SSSR count). The Morgan fingerprint density at radius 3 is 2.00 bits per heavy atom. The van der Waals surface area contributed by atoms with Crippen LogP contribution in [0.15, 0.2) is 0 Å². The molecule has 0 unspecified atom stereocenters. The van der Waals surface area contributed by atoms with Gasteiger partial charge in [0.15, 0.2) is 0 Å². The van der Waals surface area contributed by atoms with Crippen LogP contribution >= 0.6 is 15.9 Å². The second-order valence-electron chi connectivity index (χ2n) is 7.16. The standard InChI is InChI=1S/C14H24BrNO4/c1-12(2,3)19-10(17)14(7-9(14)8-15)16-11(18)20-13(4,5)6/h9H,7-8H2,1-6H3,(H,16,18)/t9-,14-/m1/s1. The Balaban J connectivity index is 2.75. The van der Waals surface area contributed by atoms with E-state index in [9.17, 15) is 9.59 Å². The number of ether oxygens (including phenoxy) is 2. The molecule has 20 heavy (non-hydrogen) atoms. The van der Waals surface area contributed by atoms with Gasteiger partial charge in [-0.15, -0.1) is 0 Å². The third-order valence-electron chi connectivity index (χ3n) is 2.78. The lowest BCUT2D eigenvalue weighted by Crippen LogP contribution is -2.49. The fourth-order valence-corrected chi connectivity index (χ4v) is 2.61. The van der Waals surface area contributed by atoms with E-state index in [1.807, 2.05) is 0 Å². The first-order chi connectivity index (χ1) is 8.89. The molecule has 1 aliphatic carbocycles.